The van der Waals surface area contributed by atoms with Gasteiger partial charge in [-0.3, -0.25) is 4.90 Å². The van der Waals surface area contributed by atoms with Crippen LogP contribution in [-0.4, -0.2) is 67.1 Å². The van der Waals surface area contributed by atoms with Gasteiger partial charge in [0.25, 0.3) is 0 Å². The van der Waals surface area contributed by atoms with Gasteiger partial charge in [0.05, 0.1) is 16.4 Å². The van der Waals surface area contributed by atoms with Gasteiger partial charge in [-0.25, -0.2) is 9.98 Å². The van der Waals surface area contributed by atoms with E-state index in [1.807, 2.05) is 6.07 Å². The van der Waals surface area contributed by atoms with Crippen LogP contribution in [0.2, 0.25) is 0 Å². The number of ether oxygens (including phenoxy) is 1. The van der Waals surface area contributed by atoms with Gasteiger partial charge in [0, 0.05) is 39.4 Å². The maximum absolute atomic E-state index is 5.34. The number of rotatable bonds is 6. The van der Waals surface area contributed by atoms with Crippen LogP contribution in [0.5, 0.6) is 0 Å². The van der Waals surface area contributed by atoms with Crippen molar-refractivity contribution in [1.82, 2.24) is 14.8 Å². The van der Waals surface area contributed by atoms with E-state index in [2.05, 4.69) is 47.3 Å². The molecule has 6 nitrogen and oxygen atoms in total. The highest BCUT2D eigenvalue weighted by Gasteiger charge is 2.31. The molecule has 2 aliphatic heterocycles. The Labute approximate surface area is 201 Å². The van der Waals surface area contributed by atoms with Gasteiger partial charge in [-0.15, -0.1) is 36.2 Å². The lowest BCUT2D eigenvalue weighted by Gasteiger charge is -2.40. The third kappa shape index (κ3) is 5.90. The molecule has 0 aliphatic carbocycles. The van der Waals surface area contributed by atoms with Gasteiger partial charge < -0.3 is 15.0 Å². The molecular formula is C22H33Cl2N5OS. The molecule has 1 saturated heterocycles. The number of nitrogens with one attached hydrogen (secondary N) is 1. The molecule has 1 atom stereocenters. The smallest absolute Gasteiger partial charge is 0.158 e. The lowest BCUT2D eigenvalue weighted by Crippen LogP contribution is -2.53. The summed E-state index contributed by atoms with van der Waals surface area (Å²) < 4.78 is 5.34. The number of nitrogens with zero attached hydrogens (tertiary/aromatic N) is 4. The second-order valence-electron chi connectivity index (χ2n) is 7.83. The minimum Gasteiger partial charge on any atom is -0.385 e. The number of benzene rings is 1. The van der Waals surface area contributed by atoms with Gasteiger partial charge in [0.15, 0.2) is 5.84 Å². The molecule has 2 aliphatic rings. The lowest BCUT2D eigenvalue weighted by molar-refractivity contribution is 0.100. The van der Waals surface area contributed by atoms with Crippen molar-refractivity contribution in [2.24, 2.45) is 4.99 Å². The highest BCUT2D eigenvalue weighted by Crippen LogP contribution is 2.38. The van der Waals surface area contributed by atoms with Gasteiger partial charge in [-0.1, -0.05) is 25.5 Å². The summed E-state index contributed by atoms with van der Waals surface area (Å²) in [5.41, 5.74) is 3.04. The summed E-state index contributed by atoms with van der Waals surface area (Å²) in [6.07, 6.45) is 4.41. The number of aliphatic imine (C=N–C) groups is 1. The number of halogens is 2. The van der Waals surface area contributed by atoms with Gasteiger partial charge in [0.2, 0.25) is 0 Å². The first-order valence-electron chi connectivity index (χ1n) is 10.6. The third-order valence-corrected chi connectivity index (χ3v) is 6.77. The van der Waals surface area contributed by atoms with Gasteiger partial charge in [-0.2, -0.15) is 0 Å². The second kappa shape index (κ2) is 12.0. The van der Waals surface area contributed by atoms with Crippen LogP contribution >= 0.6 is 36.2 Å². The number of hydrogen-bond acceptors (Lipinski definition) is 7. The van der Waals surface area contributed by atoms with Crippen LogP contribution in [0.15, 0.2) is 29.3 Å². The zero-order valence-electron chi connectivity index (χ0n) is 18.5. The van der Waals surface area contributed by atoms with Crippen LogP contribution in [-0.2, 0) is 11.2 Å². The number of aryl methyl sites for hydroxylation is 1. The van der Waals surface area contributed by atoms with E-state index in [0.29, 0.717) is 6.04 Å². The van der Waals surface area contributed by atoms with E-state index in [-0.39, 0.29) is 24.8 Å². The summed E-state index contributed by atoms with van der Waals surface area (Å²) in [7, 11) is 3.98. The molecule has 2 aromatic rings. The number of methoxy groups -OCH3 is 1. The van der Waals surface area contributed by atoms with Crippen molar-refractivity contribution in [3.8, 4) is 0 Å². The van der Waals surface area contributed by atoms with Gasteiger partial charge in [0.1, 0.15) is 10.7 Å². The Morgan fingerprint density at radius 1 is 1.23 bits per heavy atom. The zero-order valence-corrected chi connectivity index (χ0v) is 20.9. The largest absolute Gasteiger partial charge is 0.385 e. The SMILES string of the molecule is CCCCc1nc2c(s1)Nc1ccccc1N=C2N1CCN(C)[C@@H](CCOC)C1.Cl.Cl. The third-order valence-electron chi connectivity index (χ3n) is 5.74. The minimum absolute atomic E-state index is 0. The van der Waals surface area contributed by atoms with Crippen LogP contribution in [0.25, 0.3) is 0 Å². The zero-order chi connectivity index (χ0) is 20.2. The molecule has 0 bridgehead atoms. The number of amidine groups is 1. The molecule has 0 amide bonds. The topological polar surface area (TPSA) is 53.0 Å². The first kappa shape index (κ1) is 25.9. The molecule has 3 heterocycles. The standard InChI is InChI=1S/C22H31N5OS.2ClH/c1-4-5-10-19-25-20-21(27-13-12-26(2)16(15-27)11-14-28-3)23-17-8-6-7-9-18(17)24-22(20)29-19;;/h6-9,16,24H,4-5,10-15H2,1-3H3;2*1H/t16-;;/m0../s1. The van der Waals surface area contributed by atoms with Crippen molar-refractivity contribution in [2.45, 2.75) is 38.6 Å². The molecule has 172 valence electrons. The predicted octanol–water partition coefficient (Wildman–Crippen LogP) is 5.12. The van der Waals surface area contributed by atoms with E-state index < -0.39 is 0 Å². The van der Waals surface area contributed by atoms with E-state index in [1.165, 1.54) is 17.8 Å². The summed E-state index contributed by atoms with van der Waals surface area (Å²) in [4.78, 5) is 15.0. The Morgan fingerprint density at radius 2 is 2.03 bits per heavy atom. The van der Waals surface area contributed by atoms with Crippen molar-refractivity contribution in [2.75, 3.05) is 45.7 Å². The molecule has 9 heteroatoms. The van der Waals surface area contributed by atoms with Crippen molar-refractivity contribution >= 4 is 58.4 Å². The molecule has 0 unspecified atom stereocenters. The number of hydrogen-bond donors (Lipinski definition) is 1. The molecule has 1 aromatic carbocycles. The van der Waals surface area contributed by atoms with E-state index in [4.69, 9.17) is 14.7 Å². The molecule has 4 rings (SSSR count). The molecule has 1 fully saturated rings. The van der Waals surface area contributed by atoms with Crippen molar-refractivity contribution in [3.05, 3.63) is 35.0 Å². The van der Waals surface area contributed by atoms with Crippen molar-refractivity contribution in [1.29, 1.82) is 0 Å². The Balaban J connectivity index is 0.00000171. The van der Waals surface area contributed by atoms with Crippen LogP contribution < -0.4 is 5.32 Å². The van der Waals surface area contributed by atoms with Gasteiger partial charge >= 0.3 is 0 Å². The first-order chi connectivity index (χ1) is 14.2. The predicted molar refractivity (Wildman–Crippen MR) is 136 cm³/mol. The van der Waals surface area contributed by atoms with Crippen LogP contribution in [0.1, 0.15) is 36.9 Å². The second-order valence-corrected chi connectivity index (χ2v) is 8.91. The first-order valence-corrected chi connectivity index (χ1v) is 11.4. The highest BCUT2D eigenvalue weighted by atomic mass is 35.5. The van der Waals surface area contributed by atoms with E-state index in [1.54, 1.807) is 18.4 Å². The normalized spacial score (nSPS) is 18.0. The van der Waals surface area contributed by atoms with E-state index in [0.717, 1.165) is 67.0 Å². The molecule has 31 heavy (non-hydrogen) atoms. The number of unbranched alkanes of at least 4 members (excludes halogenated alkanes) is 1. The summed E-state index contributed by atoms with van der Waals surface area (Å²) in [6.45, 7) is 5.93. The Kier molecular flexibility index (Phi) is 10.0. The fraction of sp³-hybridized carbons (Fsp3) is 0.545. The maximum atomic E-state index is 5.34. The number of piperazine rings is 1. The minimum atomic E-state index is 0. The number of likely N-dealkylation sites (N-methyl/N-ethyl adjacent to an activating group) is 1. The average Bonchev–Trinajstić information content (AvgIpc) is 3.06. The summed E-state index contributed by atoms with van der Waals surface area (Å²) in [5.74, 6) is 1.01. The lowest BCUT2D eigenvalue weighted by atomic mass is 10.1. The quantitative estimate of drug-likeness (QED) is 0.615. The monoisotopic (exact) mass is 485 g/mol. The average molecular weight is 487 g/mol. The van der Waals surface area contributed by atoms with Crippen LogP contribution in [0, 0.1) is 0 Å². The van der Waals surface area contributed by atoms with Crippen molar-refractivity contribution in [3.63, 3.8) is 0 Å². The number of aromatic nitrogens is 1. The molecule has 0 radical (unpaired) electrons. The fourth-order valence-corrected chi connectivity index (χ4v) is 4.94. The number of para-hydroxylation sites is 2. The maximum Gasteiger partial charge on any atom is 0.158 e. The summed E-state index contributed by atoms with van der Waals surface area (Å²) in [5, 5.41) is 5.92. The Hall–Kier alpha value is -1.38. The molecular weight excluding hydrogens is 453 g/mol. The van der Waals surface area contributed by atoms with Crippen molar-refractivity contribution < 1.29 is 4.74 Å². The van der Waals surface area contributed by atoms with Gasteiger partial charge in [-0.05, 0) is 38.4 Å². The number of anilines is 2. The van der Waals surface area contributed by atoms with E-state index in [9.17, 15) is 0 Å². The van der Waals surface area contributed by atoms with E-state index >= 15 is 0 Å². The summed E-state index contributed by atoms with van der Waals surface area (Å²) in [6, 6.07) is 8.74. The fourth-order valence-electron chi connectivity index (χ4n) is 3.93. The van der Waals surface area contributed by atoms with Crippen LogP contribution in [0.4, 0.5) is 16.4 Å². The number of thiazole rings is 1. The molecule has 0 saturated carbocycles. The highest BCUT2D eigenvalue weighted by molar-refractivity contribution is 7.16. The molecule has 1 aromatic heterocycles. The summed E-state index contributed by atoms with van der Waals surface area (Å²) >= 11 is 1.78. The number of fused-ring (bicyclic) bond motifs is 2. The molecule has 0 spiro atoms. The molecule has 1 N–H and O–H groups in total. The Morgan fingerprint density at radius 3 is 2.81 bits per heavy atom. The Bertz CT molecular complexity index is 875. The van der Waals surface area contributed by atoms with Crippen LogP contribution in [0.3, 0.4) is 0 Å².